The van der Waals surface area contributed by atoms with Crippen molar-refractivity contribution in [3.8, 4) is 0 Å². The standard InChI is InChI=1S/C16H19NS/c1-12-4-2-5-13(8-12)14-9-15(10-14)17-11-16-6-3-7-18-16/h2-8,14-15,17H,9-11H2,1H3. The van der Waals surface area contributed by atoms with Crippen LogP contribution in [0.4, 0.5) is 0 Å². The topological polar surface area (TPSA) is 12.0 Å². The van der Waals surface area contributed by atoms with Gasteiger partial charge in [-0.3, -0.25) is 0 Å². The summed E-state index contributed by atoms with van der Waals surface area (Å²) in [7, 11) is 0. The lowest BCUT2D eigenvalue weighted by Gasteiger charge is -2.36. The van der Waals surface area contributed by atoms with Gasteiger partial charge in [0.05, 0.1) is 0 Å². The van der Waals surface area contributed by atoms with E-state index in [-0.39, 0.29) is 0 Å². The lowest BCUT2D eigenvalue weighted by atomic mass is 9.75. The highest BCUT2D eigenvalue weighted by molar-refractivity contribution is 7.09. The Morgan fingerprint density at radius 3 is 2.83 bits per heavy atom. The van der Waals surface area contributed by atoms with Gasteiger partial charge in [0.25, 0.3) is 0 Å². The van der Waals surface area contributed by atoms with E-state index in [1.165, 1.54) is 28.8 Å². The number of rotatable bonds is 4. The van der Waals surface area contributed by atoms with E-state index in [0.717, 1.165) is 12.5 Å². The maximum absolute atomic E-state index is 3.65. The zero-order valence-electron chi connectivity index (χ0n) is 10.7. The van der Waals surface area contributed by atoms with E-state index < -0.39 is 0 Å². The molecule has 2 heteroatoms. The summed E-state index contributed by atoms with van der Waals surface area (Å²) in [4.78, 5) is 1.44. The predicted octanol–water partition coefficient (Wildman–Crippen LogP) is 4.09. The third-order valence-corrected chi connectivity index (χ3v) is 4.67. The van der Waals surface area contributed by atoms with Crippen molar-refractivity contribution in [1.29, 1.82) is 0 Å². The van der Waals surface area contributed by atoms with Crippen LogP contribution < -0.4 is 5.32 Å². The van der Waals surface area contributed by atoms with Crippen LogP contribution in [-0.4, -0.2) is 6.04 Å². The molecule has 1 N–H and O–H groups in total. The number of nitrogens with one attached hydrogen (secondary N) is 1. The van der Waals surface area contributed by atoms with Gasteiger partial charge in [0, 0.05) is 17.5 Å². The minimum absolute atomic E-state index is 0.706. The van der Waals surface area contributed by atoms with E-state index in [1.807, 2.05) is 11.3 Å². The lowest BCUT2D eigenvalue weighted by molar-refractivity contribution is 0.290. The summed E-state index contributed by atoms with van der Waals surface area (Å²) in [5, 5.41) is 5.79. The van der Waals surface area contributed by atoms with Gasteiger partial charge in [-0.15, -0.1) is 11.3 Å². The smallest absolute Gasteiger partial charge is 0.0302 e. The summed E-state index contributed by atoms with van der Waals surface area (Å²) in [6.07, 6.45) is 2.57. The molecule has 3 rings (SSSR count). The second-order valence-corrected chi connectivity index (χ2v) is 6.27. The second-order valence-electron chi connectivity index (χ2n) is 5.24. The van der Waals surface area contributed by atoms with E-state index in [2.05, 4.69) is 54.0 Å². The Kier molecular flexibility index (Phi) is 3.48. The number of thiophene rings is 1. The third-order valence-electron chi connectivity index (χ3n) is 3.80. The summed E-state index contributed by atoms with van der Waals surface area (Å²) in [5.41, 5.74) is 2.90. The van der Waals surface area contributed by atoms with Gasteiger partial charge in [0.15, 0.2) is 0 Å². The Hall–Kier alpha value is -1.12. The molecule has 1 nitrogen and oxygen atoms in total. The fraction of sp³-hybridized carbons (Fsp3) is 0.375. The molecule has 1 aromatic heterocycles. The van der Waals surface area contributed by atoms with Gasteiger partial charge in [-0.2, -0.15) is 0 Å². The third kappa shape index (κ3) is 2.65. The molecule has 2 aromatic rings. The Balaban J connectivity index is 1.48. The molecule has 1 saturated carbocycles. The van der Waals surface area contributed by atoms with E-state index in [0.29, 0.717) is 6.04 Å². The van der Waals surface area contributed by atoms with Crippen molar-refractivity contribution in [2.24, 2.45) is 0 Å². The number of hydrogen-bond donors (Lipinski definition) is 1. The molecule has 1 heterocycles. The van der Waals surface area contributed by atoms with Crippen LogP contribution in [0.15, 0.2) is 41.8 Å². The van der Waals surface area contributed by atoms with Gasteiger partial charge >= 0.3 is 0 Å². The minimum atomic E-state index is 0.706. The van der Waals surface area contributed by atoms with Gasteiger partial charge in [-0.25, -0.2) is 0 Å². The largest absolute Gasteiger partial charge is 0.309 e. The van der Waals surface area contributed by atoms with E-state index in [4.69, 9.17) is 0 Å². The fourth-order valence-corrected chi connectivity index (χ4v) is 3.29. The van der Waals surface area contributed by atoms with E-state index >= 15 is 0 Å². The highest BCUT2D eigenvalue weighted by Crippen LogP contribution is 2.37. The average Bonchev–Trinajstić information content (AvgIpc) is 2.80. The normalized spacial score (nSPS) is 22.7. The van der Waals surface area contributed by atoms with E-state index in [9.17, 15) is 0 Å². The first-order chi connectivity index (χ1) is 8.81. The second kappa shape index (κ2) is 5.25. The van der Waals surface area contributed by atoms with Gasteiger partial charge in [-0.1, -0.05) is 35.9 Å². The van der Waals surface area contributed by atoms with Crippen molar-refractivity contribution < 1.29 is 0 Å². The Morgan fingerprint density at radius 2 is 2.11 bits per heavy atom. The Bertz CT molecular complexity index is 498. The fourth-order valence-electron chi connectivity index (χ4n) is 2.64. The van der Waals surface area contributed by atoms with E-state index in [1.54, 1.807) is 0 Å². The van der Waals surface area contributed by atoms with Gasteiger partial charge in [0.1, 0.15) is 0 Å². The molecule has 1 aliphatic rings. The molecule has 18 heavy (non-hydrogen) atoms. The van der Waals surface area contributed by atoms with Crippen molar-refractivity contribution in [3.63, 3.8) is 0 Å². The number of benzene rings is 1. The van der Waals surface area contributed by atoms with Crippen molar-refractivity contribution >= 4 is 11.3 Å². The molecule has 0 saturated heterocycles. The molecule has 0 aliphatic heterocycles. The van der Waals surface area contributed by atoms with Crippen LogP contribution in [-0.2, 0) is 6.54 Å². The average molecular weight is 257 g/mol. The number of aryl methyl sites for hydroxylation is 1. The number of hydrogen-bond acceptors (Lipinski definition) is 2. The first-order valence-corrected chi connectivity index (χ1v) is 7.51. The van der Waals surface area contributed by atoms with Crippen LogP contribution in [0, 0.1) is 6.92 Å². The highest BCUT2D eigenvalue weighted by atomic mass is 32.1. The van der Waals surface area contributed by atoms with Crippen LogP contribution in [0.2, 0.25) is 0 Å². The van der Waals surface area contributed by atoms with Crippen LogP contribution in [0.25, 0.3) is 0 Å². The van der Waals surface area contributed by atoms with Crippen molar-refractivity contribution in [3.05, 3.63) is 57.8 Å². The maximum Gasteiger partial charge on any atom is 0.0302 e. The van der Waals surface area contributed by atoms with Crippen LogP contribution in [0.1, 0.15) is 34.8 Å². The summed E-state index contributed by atoms with van der Waals surface area (Å²) in [6.45, 7) is 3.21. The molecule has 1 fully saturated rings. The van der Waals surface area contributed by atoms with Crippen molar-refractivity contribution in [2.45, 2.75) is 38.3 Å². The van der Waals surface area contributed by atoms with Gasteiger partial charge < -0.3 is 5.32 Å². The molecular weight excluding hydrogens is 238 g/mol. The first-order valence-electron chi connectivity index (χ1n) is 6.63. The molecule has 0 bridgehead atoms. The molecule has 94 valence electrons. The molecule has 0 radical (unpaired) electrons. The molecule has 0 spiro atoms. The highest BCUT2D eigenvalue weighted by Gasteiger charge is 2.29. The zero-order valence-corrected chi connectivity index (χ0v) is 11.5. The minimum Gasteiger partial charge on any atom is -0.309 e. The van der Waals surface area contributed by atoms with Crippen LogP contribution >= 0.6 is 11.3 Å². The predicted molar refractivity (Wildman–Crippen MR) is 78.1 cm³/mol. The summed E-state index contributed by atoms with van der Waals surface area (Å²) >= 11 is 1.84. The van der Waals surface area contributed by atoms with Gasteiger partial charge in [-0.05, 0) is 42.7 Å². The van der Waals surface area contributed by atoms with Crippen LogP contribution in [0.3, 0.4) is 0 Å². The van der Waals surface area contributed by atoms with Crippen molar-refractivity contribution in [1.82, 2.24) is 5.32 Å². The van der Waals surface area contributed by atoms with Crippen LogP contribution in [0.5, 0.6) is 0 Å². The monoisotopic (exact) mass is 257 g/mol. The molecule has 0 atom stereocenters. The molecule has 1 aromatic carbocycles. The molecule has 0 unspecified atom stereocenters. The summed E-state index contributed by atoms with van der Waals surface area (Å²) < 4.78 is 0. The van der Waals surface area contributed by atoms with Crippen molar-refractivity contribution in [2.75, 3.05) is 0 Å². The summed E-state index contributed by atoms with van der Waals surface area (Å²) in [5.74, 6) is 0.769. The molecule has 0 amide bonds. The lowest BCUT2D eigenvalue weighted by Crippen LogP contribution is -2.39. The Morgan fingerprint density at radius 1 is 1.22 bits per heavy atom. The molecule has 1 aliphatic carbocycles. The SMILES string of the molecule is Cc1cccc(C2CC(NCc3cccs3)C2)c1. The quantitative estimate of drug-likeness (QED) is 0.870. The van der Waals surface area contributed by atoms with Gasteiger partial charge in [0.2, 0.25) is 0 Å². The molecular formula is C16H19NS. The first kappa shape index (κ1) is 11.9. The maximum atomic E-state index is 3.65. The summed E-state index contributed by atoms with van der Waals surface area (Å²) in [6, 6.07) is 14.0. The Labute approximate surface area is 113 Å². The zero-order chi connectivity index (χ0) is 12.4.